The van der Waals surface area contributed by atoms with Crippen LogP contribution < -0.4 is 0 Å². The van der Waals surface area contributed by atoms with E-state index in [2.05, 4.69) is 26.8 Å². The van der Waals surface area contributed by atoms with Gasteiger partial charge in [-0.05, 0) is 68.1 Å². The number of allylic oxidation sites excluding steroid dienone is 2. The molecule has 7 atom stereocenters. The molecular weight excluding hydrogens is 310 g/mol. The molecule has 0 aromatic heterocycles. The lowest BCUT2D eigenvalue weighted by molar-refractivity contribution is -0.137. The maximum Gasteiger partial charge on any atom is 0.226 e. The van der Waals surface area contributed by atoms with Crippen LogP contribution in [0.25, 0.3) is 0 Å². The number of nitrogens with zero attached hydrogens (tertiary/aromatic N) is 1. The predicted molar refractivity (Wildman–Crippen MR) is 98.6 cm³/mol. The summed E-state index contributed by atoms with van der Waals surface area (Å²) in [5, 5.41) is 0. The molecule has 1 aliphatic heterocycles. The van der Waals surface area contributed by atoms with Gasteiger partial charge in [0, 0.05) is 30.5 Å². The van der Waals surface area contributed by atoms with Crippen LogP contribution in [0, 0.1) is 40.4 Å². The van der Waals surface area contributed by atoms with Gasteiger partial charge < -0.3 is 4.90 Å². The third-order valence-electron chi connectivity index (χ3n) is 8.80. The average Bonchev–Trinajstić information content (AvgIpc) is 2.81. The number of carbonyl (C=O) groups is 2. The van der Waals surface area contributed by atoms with Gasteiger partial charge in [0.15, 0.2) is 0 Å². The number of fused-ring (bicyclic) bond motifs is 5. The van der Waals surface area contributed by atoms with Gasteiger partial charge in [-0.25, -0.2) is 0 Å². The maximum atomic E-state index is 12.4. The highest BCUT2D eigenvalue weighted by molar-refractivity contribution is 5.80. The highest BCUT2D eigenvalue weighted by Crippen LogP contribution is 2.67. The summed E-state index contributed by atoms with van der Waals surface area (Å²) in [4.78, 5) is 26.5. The van der Waals surface area contributed by atoms with Crippen molar-refractivity contribution in [3.63, 3.8) is 0 Å². The third kappa shape index (κ3) is 2.16. The first-order chi connectivity index (χ1) is 11.7. The van der Waals surface area contributed by atoms with Gasteiger partial charge in [0.25, 0.3) is 0 Å². The Kier molecular flexibility index (Phi) is 3.76. The van der Waals surface area contributed by atoms with Crippen molar-refractivity contribution in [2.75, 3.05) is 7.05 Å². The monoisotopic (exact) mass is 343 g/mol. The molecule has 0 unspecified atom stereocenters. The van der Waals surface area contributed by atoms with Gasteiger partial charge in [-0.2, -0.15) is 0 Å². The molecule has 3 aliphatic carbocycles. The summed E-state index contributed by atoms with van der Waals surface area (Å²) in [6.45, 7) is 8.91. The summed E-state index contributed by atoms with van der Waals surface area (Å²) in [5.74, 6) is 3.44. The number of hydrogen-bond donors (Lipinski definition) is 0. The Morgan fingerprint density at radius 1 is 1.24 bits per heavy atom. The molecule has 0 spiro atoms. The maximum absolute atomic E-state index is 12.4. The molecule has 0 aromatic carbocycles. The Bertz CT molecular complexity index is 652. The van der Waals surface area contributed by atoms with Gasteiger partial charge in [0.2, 0.25) is 5.91 Å². The molecule has 25 heavy (non-hydrogen) atoms. The van der Waals surface area contributed by atoms with Crippen molar-refractivity contribution < 1.29 is 9.59 Å². The second-order valence-electron chi connectivity index (χ2n) is 9.92. The zero-order valence-corrected chi connectivity index (χ0v) is 16.5. The summed E-state index contributed by atoms with van der Waals surface area (Å²) in [7, 11) is 1.96. The van der Waals surface area contributed by atoms with Crippen molar-refractivity contribution in [3.05, 3.63) is 11.8 Å². The van der Waals surface area contributed by atoms with E-state index in [9.17, 15) is 9.59 Å². The Labute approximate surface area is 152 Å². The quantitative estimate of drug-likeness (QED) is 0.706. The minimum Gasteiger partial charge on any atom is -0.319 e. The van der Waals surface area contributed by atoms with E-state index in [0.29, 0.717) is 35.9 Å². The molecular formula is C22H33NO2. The van der Waals surface area contributed by atoms with Crippen LogP contribution in [0.2, 0.25) is 0 Å². The number of ketones is 1. The molecule has 1 amide bonds. The molecule has 0 aromatic rings. The van der Waals surface area contributed by atoms with Crippen LogP contribution in [0.5, 0.6) is 0 Å². The van der Waals surface area contributed by atoms with E-state index in [1.165, 1.54) is 25.0 Å². The molecule has 2 saturated carbocycles. The summed E-state index contributed by atoms with van der Waals surface area (Å²) >= 11 is 0. The highest BCUT2D eigenvalue weighted by atomic mass is 16.2. The summed E-state index contributed by atoms with van der Waals surface area (Å²) < 4.78 is 0. The number of likely N-dealkylation sites (tertiary alicyclic amines) is 1. The number of amides is 1. The van der Waals surface area contributed by atoms with E-state index in [1.807, 2.05) is 18.9 Å². The van der Waals surface area contributed by atoms with Crippen LogP contribution in [0.1, 0.15) is 66.2 Å². The second-order valence-corrected chi connectivity index (χ2v) is 9.92. The van der Waals surface area contributed by atoms with E-state index in [-0.39, 0.29) is 22.7 Å². The number of carbonyl (C=O) groups excluding carboxylic acids is 2. The van der Waals surface area contributed by atoms with Crippen molar-refractivity contribution in [1.29, 1.82) is 0 Å². The molecule has 0 radical (unpaired) electrons. The Balaban J connectivity index is 1.71. The number of piperidine rings is 1. The van der Waals surface area contributed by atoms with E-state index in [1.54, 1.807) is 0 Å². The van der Waals surface area contributed by atoms with Gasteiger partial charge in [0.05, 0.1) is 0 Å². The molecule has 1 heterocycles. The summed E-state index contributed by atoms with van der Waals surface area (Å²) in [6, 6.07) is 0. The zero-order chi connectivity index (χ0) is 18.1. The molecule has 3 nitrogen and oxygen atoms in total. The van der Waals surface area contributed by atoms with Crippen molar-refractivity contribution in [2.24, 2.45) is 40.4 Å². The topological polar surface area (TPSA) is 37.4 Å². The molecule has 4 aliphatic rings. The average molecular weight is 344 g/mol. The van der Waals surface area contributed by atoms with Crippen LogP contribution in [0.4, 0.5) is 0 Å². The van der Waals surface area contributed by atoms with Crippen molar-refractivity contribution in [2.45, 2.75) is 66.2 Å². The fraction of sp³-hybridized carbons (Fsp3) is 0.818. The van der Waals surface area contributed by atoms with E-state index >= 15 is 0 Å². The fourth-order valence-corrected chi connectivity index (χ4v) is 7.81. The van der Waals surface area contributed by atoms with Gasteiger partial charge in [0.1, 0.15) is 5.78 Å². The molecule has 3 fully saturated rings. The first-order valence-electron chi connectivity index (χ1n) is 10.2. The lowest BCUT2D eigenvalue weighted by Crippen LogP contribution is -2.53. The fourth-order valence-electron chi connectivity index (χ4n) is 7.81. The Morgan fingerprint density at radius 3 is 2.64 bits per heavy atom. The van der Waals surface area contributed by atoms with Gasteiger partial charge in [-0.1, -0.05) is 26.8 Å². The van der Waals surface area contributed by atoms with Crippen LogP contribution in [0.15, 0.2) is 11.8 Å². The van der Waals surface area contributed by atoms with Crippen molar-refractivity contribution in [1.82, 2.24) is 4.90 Å². The van der Waals surface area contributed by atoms with Crippen LogP contribution >= 0.6 is 0 Å². The number of rotatable bonds is 1. The Hall–Kier alpha value is -1.12. The van der Waals surface area contributed by atoms with E-state index in [4.69, 9.17) is 0 Å². The first-order valence-corrected chi connectivity index (χ1v) is 10.2. The van der Waals surface area contributed by atoms with E-state index < -0.39 is 0 Å². The minimum absolute atomic E-state index is 0.143. The number of Topliss-reactive ketones (excluding diaryl/α,β-unsaturated/α-hetero) is 1. The third-order valence-corrected chi connectivity index (χ3v) is 8.80. The molecule has 1 saturated heterocycles. The van der Waals surface area contributed by atoms with Crippen molar-refractivity contribution in [3.8, 4) is 0 Å². The summed E-state index contributed by atoms with van der Waals surface area (Å²) in [5.41, 5.74) is 1.61. The van der Waals surface area contributed by atoms with Crippen LogP contribution in [-0.4, -0.2) is 23.6 Å². The Morgan fingerprint density at radius 2 is 1.96 bits per heavy atom. The lowest BCUT2D eigenvalue weighted by Gasteiger charge is -2.58. The second kappa shape index (κ2) is 5.44. The highest BCUT2D eigenvalue weighted by Gasteiger charge is 2.61. The standard InChI is InChI=1S/C22H33NO2/c1-13-12-17-15-6-7-18-21(3,11-9-19(25)23(18)5)16(15)8-10-22(17,4)20(13)14(2)24/h7,13,15-17,20H,6,8-12H2,1-5H3/t13-,15+,16-,17-,20+,21+,22-/m0/s1. The molecule has 0 N–H and O–H groups in total. The van der Waals surface area contributed by atoms with Gasteiger partial charge in [-0.3, -0.25) is 9.59 Å². The minimum atomic E-state index is 0.143. The SMILES string of the molecule is CC(=O)[C@H]1[C@@H](C)C[C@H]2[C@@H]3CC=C4N(C)C(=O)CC[C@]4(C)[C@H]3CC[C@@]21C. The molecule has 4 rings (SSSR count). The normalized spacial score (nSPS) is 49.2. The molecule has 3 heteroatoms. The largest absolute Gasteiger partial charge is 0.319 e. The zero-order valence-electron chi connectivity index (χ0n) is 16.5. The first kappa shape index (κ1) is 17.3. The van der Waals surface area contributed by atoms with Crippen LogP contribution in [-0.2, 0) is 9.59 Å². The van der Waals surface area contributed by atoms with E-state index in [0.717, 1.165) is 12.8 Å². The predicted octanol–water partition coefficient (Wildman–Crippen LogP) is 4.43. The summed E-state index contributed by atoms with van der Waals surface area (Å²) in [6.07, 6.45) is 8.73. The van der Waals surface area contributed by atoms with Crippen molar-refractivity contribution >= 4 is 11.7 Å². The molecule has 138 valence electrons. The molecule has 0 bridgehead atoms. The lowest BCUT2D eigenvalue weighted by atomic mass is 9.49. The van der Waals surface area contributed by atoms with Crippen LogP contribution in [0.3, 0.4) is 0 Å². The number of hydrogen-bond acceptors (Lipinski definition) is 2. The van der Waals surface area contributed by atoms with Gasteiger partial charge >= 0.3 is 0 Å². The smallest absolute Gasteiger partial charge is 0.226 e. The van der Waals surface area contributed by atoms with Gasteiger partial charge in [-0.15, -0.1) is 0 Å².